The molecule has 1 aliphatic heterocycles. The van der Waals surface area contributed by atoms with Gasteiger partial charge in [-0.15, -0.1) is 0 Å². The van der Waals surface area contributed by atoms with Gasteiger partial charge in [-0.1, -0.05) is 12.1 Å². The molecule has 3 atom stereocenters. The van der Waals surface area contributed by atoms with Crippen LogP contribution in [0.25, 0.3) is 0 Å². The Kier molecular flexibility index (Phi) is 5.23. The van der Waals surface area contributed by atoms with Crippen LogP contribution in [0.5, 0.6) is 5.75 Å². The van der Waals surface area contributed by atoms with Crippen molar-refractivity contribution in [1.82, 2.24) is 5.32 Å². The summed E-state index contributed by atoms with van der Waals surface area (Å²) in [6, 6.07) is 9.42. The molecule has 1 aliphatic rings. The minimum Gasteiger partial charge on any atom is -0.497 e. The van der Waals surface area contributed by atoms with Gasteiger partial charge in [0.05, 0.1) is 13.2 Å². The number of hydrogen-bond acceptors (Lipinski definition) is 3. The first-order chi connectivity index (χ1) is 9.17. The molecule has 1 heterocycles. The maximum atomic E-state index is 5.58. The molecule has 3 unspecified atom stereocenters. The predicted molar refractivity (Wildman–Crippen MR) is 77.7 cm³/mol. The Labute approximate surface area is 116 Å². The zero-order valence-electron chi connectivity index (χ0n) is 12.2. The molecule has 1 saturated heterocycles. The largest absolute Gasteiger partial charge is 0.497 e. The number of rotatable bonds is 5. The molecule has 1 N–H and O–H groups in total. The first-order valence-electron chi connectivity index (χ1n) is 7.18. The third-order valence-corrected chi connectivity index (χ3v) is 3.71. The highest BCUT2D eigenvalue weighted by atomic mass is 16.5. The number of methoxy groups -OCH3 is 1. The van der Waals surface area contributed by atoms with E-state index in [1.54, 1.807) is 7.11 Å². The number of nitrogens with one attached hydrogen (secondary N) is 1. The van der Waals surface area contributed by atoms with Crippen LogP contribution < -0.4 is 10.1 Å². The van der Waals surface area contributed by atoms with Crippen molar-refractivity contribution in [2.75, 3.05) is 13.7 Å². The van der Waals surface area contributed by atoms with Gasteiger partial charge in [-0.3, -0.25) is 0 Å². The molecule has 106 valence electrons. The molecule has 0 aliphatic carbocycles. The summed E-state index contributed by atoms with van der Waals surface area (Å²) in [5.74, 6) is 0.919. The van der Waals surface area contributed by atoms with E-state index in [0.717, 1.165) is 31.6 Å². The van der Waals surface area contributed by atoms with E-state index in [1.807, 2.05) is 12.1 Å². The summed E-state index contributed by atoms with van der Waals surface area (Å²) in [6.45, 7) is 5.29. The monoisotopic (exact) mass is 263 g/mol. The lowest BCUT2D eigenvalue weighted by molar-refractivity contribution is 0.0116. The van der Waals surface area contributed by atoms with E-state index in [1.165, 1.54) is 5.56 Å². The molecule has 2 rings (SSSR count). The van der Waals surface area contributed by atoms with Gasteiger partial charge in [-0.2, -0.15) is 0 Å². The third-order valence-electron chi connectivity index (χ3n) is 3.71. The van der Waals surface area contributed by atoms with Crippen LogP contribution in [0.15, 0.2) is 24.3 Å². The van der Waals surface area contributed by atoms with Crippen molar-refractivity contribution in [2.45, 2.75) is 51.3 Å². The third kappa shape index (κ3) is 4.51. The standard InChI is InChI=1S/C16H25NO2/c1-12(17-15-8-9-19-13(2)11-15)10-14-4-6-16(18-3)7-5-14/h4-7,12-13,15,17H,8-11H2,1-3H3. The highest BCUT2D eigenvalue weighted by Gasteiger charge is 2.20. The molecule has 0 radical (unpaired) electrons. The van der Waals surface area contributed by atoms with Gasteiger partial charge in [0.2, 0.25) is 0 Å². The lowest BCUT2D eigenvalue weighted by atomic mass is 10.0. The van der Waals surface area contributed by atoms with Gasteiger partial charge < -0.3 is 14.8 Å². The van der Waals surface area contributed by atoms with E-state index in [9.17, 15) is 0 Å². The summed E-state index contributed by atoms with van der Waals surface area (Å²) in [7, 11) is 1.70. The van der Waals surface area contributed by atoms with Crippen LogP contribution in [-0.2, 0) is 11.2 Å². The Morgan fingerprint density at radius 1 is 1.37 bits per heavy atom. The van der Waals surface area contributed by atoms with Gasteiger partial charge in [-0.25, -0.2) is 0 Å². The molecular formula is C16H25NO2. The van der Waals surface area contributed by atoms with Crippen LogP contribution in [0.3, 0.4) is 0 Å². The molecule has 1 fully saturated rings. The minimum atomic E-state index is 0.388. The Bertz CT molecular complexity index is 377. The Morgan fingerprint density at radius 2 is 2.11 bits per heavy atom. The van der Waals surface area contributed by atoms with Crippen LogP contribution in [-0.4, -0.2) is 31.9 Å². The first kappa shape index (κ1) is 14.4. The molecule has 0 saturated carbocycles. The summed E-state index contributed by atoms with van der Waals surface area (Å²) < 4.78 is 10.8. The van der Waals surface area contributed by atoms with Crippen molar-refractivity contribution < 1.29 is 9.47 Å². The normalized spacial score (nSPS) is 25.0. The van der Waals surface area contributed by atoms with Crippen molar-refractivity contribution >= 4 is 0 Å². The molecule has 0 aromatic heterocycles. The molecule has 1 aromatic carbocycles. The lowest BCUT2D eigenvalue weighted by Gasteiger charge is -2.30. The summed E-state index contributed by atoms with van der Waals surface area (Å²) in [6.07, 6.45) is 3.68. The van der Waals surface area contributed by atoms with Crippen molar-refractivity contribution in [3.8, 4) is 5.75 Å². The van der Waals surface area contributed by atoms with E-state index in [-0.39, 0.29) is 0 Å². The second-order valence-electron chi connectivity index (χ2n) is 5.52. The van der Waals surface area contributed by atoms with E-state index in [0.29, 0.717) is 18.2 Å². The maximum Gasteiger partial charge on any atom is 0.118 e. The lowest BCUT2D eigenvalue weighted by Crippen LogP contribution is -2.43. The Morgan fingerprint density at radius 3 is 2.74 bits per heavy atom. The summed E-state index contributed by atoms with van der Waals surface area (Å²) in [4.78, 5) is 0. The van der Waals surface area contributed by atoms with E-state index in [4.69, 9.17) is 9.47 Å². The zero-order chi connectivity index (χ0) is 13.7. The van der Waals surface area contributed by atoms with Gasteiger partial charge in [-0.05, 0) is 50.8 Å². The topological polar surface area (TPSA) is 30.5 Å². The molecule has 0 bridgehead atoms. The molecule has 3 nitrogen and oxygen atoms in total. The van der Waals surface area contributed by atoms with Gasteiger partial charge >= 0.3 is 0 Å². The van der Waals surface area contributed by atoms with Crippen LogP contribution in [0.2, 0.25) is 0 Å². The summed E-state index contributed by atoms with van der Waals surface area (Å²) >= 11 is 0. The quantitative estimate of drug-likeness (QED) is 0.886. The predicted octanol–water partition coefficient (Wildman–Crippen LogP) is 2.78. The van der Waals surface area contributed by atoms with Crippen molar-refractivity contribution in [3.05, 3.63) is 29.8 Å². The molecule has 0 spiro atoms. The fraction of sp³-hybridized carbons (Fsp3) is 0.625. The van der Waals surface area contributed by atoms with Crippen molar-refractivity contribution in [1.29, 1.82) is 0 Å². The Balaban J connectivity index is 1.81. The van der Waals surface area contributed by atoms with E-state index in [2.05, 4.69) is 31.3 Å². The van der Waals surface area contributed by atoms with Crippen LogP contribution in [0.1, 0.15) is 32.3 Å². The van der Waals surface area contributed by atoms with Crippen LogP contribution in [0.4, 0.5) is 0 Å². The summed E-state index contributed by atoms with van der Waals surface area (Å²) in [5.41, 5.74) is 1.35. The molecule has 1 aromatic rings. The highest BCUT2D eigenvalue weighted by molar-refractivity contribution is 5.27. The average Bonchev–Trinajstić information content (AvgIpc) is 2.39. The van der Waals surface area contributed by atoms with Gasteiger partial charge in [0, 0.05) is 18.7 Å². The molecule has 3 heteroatoms. The van der Waals surface area contributed by atoms with Crippen LogP contribution >= 0.6 is 0 Å². The van der Waals surface area contributed by atoms with Crippen LogP contribution in [0, 0.1) is 0 Å². The number of hydrogen-bond donors (Lipinski definition) is 1. The Hall–Kier alpha value is -1.06. The second-order valence-corrected chi connectivity index (χ2v) is 5.52. The van der Waals surface area contributed by atoms with Gasteiger partial charge in [0.15, 0.2) is 0 Å². The molecular weight excluding hydrogens is 238 g/mol. The van der Waals surface area contributed by atoms with E-state index < -0.39 is 0 Å². The SMILES string of the molecule is COc1ccc(CC(C)NC2CCOC(C)C2)cc1. The first-order valence-corrected chi connectivity index (χ1v) is 7.18. The fourth-order valence-corrected chi connectivity index (χ4v) is 2.73. The van der Waals surface area contributed by atoms with Gasteiger partial charge in [0.25, 0.3) is 0 Å². The number of ether oxygens (including phenoxy) is 2. The fourth-order valence-electron chi connectivity index (χ4n) is 2.73. The maximum absolute atomic E-state index is 5.58. The van der Waals surface area contributed by atoms with Gasteiger partial charge in [0.1, 0.15) is 5.75 Å². The average molecular weight is 263 g/mol. The smallest absolute Gasteiger partial charge is 0.118 e. The highest BCUT2D eigenvalue weighted by Crippen LogP contribution is 2.16. The molecule has 19 heavy (non-hydrogen) atoms. The number of benzene rings is 1. The molecule has 0 amide bonds. The summed E-state index contributed by atoms with van der Waals surface area (Å²) in [5, 5.41) is 3.72. The minimum absolute atomic E-state index is 0.388. The second kappa shape index (κ2) is 6.92. The zero-order valence-corrected chi connectivity index (χ0v) is 12.2. The van der Waals surface area contributed by atoms with Crippen molar-refractivity contribution in [2.24, 2.45) is 0 Å². The van der Waals surface area contributed by atoms with Crippen molar-refractivity contribution in [3.63, 3.8) is 0 Å². The van der Waals surface area contributed by atoms with E-state index >= 15 is 0 Å².